The summed E-state index contributed by atoms with van der Waals surface area (Å²) in [5, 5.41) is 0. The molecule has 0 N–H and O–H groups in total. The number of allylic oxidation sites excluding steroid dienone is 2. The van der Waals surface area contributed by atoms with Crippen LogP contribution in [-0.2, 0) is 14.3 Å². The Morgan fingerprint density at radius 2 is 1.59 bits per heavy atom. The van der Waals surface area contributed by atoms with E-state index in [0.29, 0.717) is 30.6 Å². The Hall–Kier alpha value is -1.12. The molecule has 3 nitrogen and oxygen atoms in total. The topological polar surface area (TPSA) is 43.4 Å². The molecule has 0 amide bonds. The van der Waals surface area contributed by atoms with Crippen molar-refractivity contribution in [3.05, 3.63) is 12.2 Å². The number of carbonyl (C=O) groups is 2. The smallest absolute Gasteiger partial charge is 0.306 e. The summed E-state index contributed by atoms with van der Waals surface area (Å²) in [6.45, 7) is 8.78. The third kappa shape index (κ3) is 16.8. The molecule has 3 heteroatoms. The van der Waals surface area contributed by atoms with E-state index in [0.717, 1.165) is 51.4 Å². The third-order valence-electron chi connectivity index (χ3n) is 5.34. The molecule has 0 fully saturated rings. The zero-order valence-corrected chi connectivity index (χ0v) is 18.4. The SMILES string of the molecule is CCCCC(CC)COC(=O)CC(CC)C/C=C/CCCCCCC(C)=O. The van der Waals surface area contributed by atoms with Crippen LogP contribution >= 0.6 is 0 Å². The molecule has 0 saturated heterocycles. The molecule has 0 aromatic heterocycles. The second-order valence-electron chi connectivity index (χ2n) is 7.94. The highest BCUT2D eigenvalue weighted by molar-refractivity contribution is 5.75. The number of rotatable bonds is 18. The van der Waals surface area contributed by atoms with Gasteiger partial charge in [-0.2, -0.15) is 0 Å². The zero-order chi connectivity index (χ0) is 20.3. The fourth-order valence-electron chi connectivity index (χ4n) is 3.19. The summed E-state index contributed by atoms with van der Waals surface area (Å²) < 4.78 is 5.54. The fraction of sp³-hybridized carbons (Fsp3) is 0.833. The van der Waals surface area contributed by atoms with Gasteiger partial charge in [0.25, 0.3) is 0 Å². The van der Waals surface area contributed by atoms with Crippen LogP contribution in [0.1, 0.15) is 111 Å². The van der Waals surface area contributed by atoms with Crippen LogP contribution in [0.15, 0.2) is 12.2 Å². The van der Waals surface area contributed by atoms with E-state index in [9.17, 15) is 9.59 Å². The van der Waals surface area contributed by atoms with E-state index in [-0.39, 0.29) is 5.97 Å². The maximum atomic E-state index is 12.1. The van der Waals surface area contributed by atoms with E-state index >= 15 is 0 Å². The van der Waals surface area contributed by atoms with Crippen molar-refractivity contribution in [3.8, 4) is 0 Å². The Balaban J connectivity index is 3.85. The van der Waals surface area contributed by atoms with Gasteiger partial charge in [0.15, 0.2) is 0 Å². The first-order chi connectivity index (χ1) is 13.0. The highest BCUT2D eigenvalue weighted by Gasteiger charge is 2.14. The first kappa shape index (κ1) is 25.9. The summed E-state index contributed by atoms with van der Waals surface area (Å²) in [5.74, 6) is 1.17. The lowest BCUT2D eigenvalue weighted by molar-refractivity contribution is -0.146. The number of hydrogen-bond donors (Lipinski definition) is 0. The lowest BCUT2D eigenvalue weighted by Crippen LogP contribution is -2.16. The van der Waals surface area contributed by atoms with E-state index in [1.165, 1.54) is 25.7 Å². The molecule has 158 valence electrons. The first-order valence-corrected chi connectivity index (χ1v) is 11.3. The molecule has 2 unspecified atom stereocenters. The van der Waals surface area contributed by atoms with Crippen molar-refractivity contribution in [2.24, 2.45) is 11.8 Å². The molecule has 0 bridgehead atoms. The molecule has 0 aliphatic carbocycles. The molecule has 0 saturated carbocycles. The van der Waals surface area contributed by atoms with Crippen LogP contribution in [0.25, 0.3) is 0 Å². The molecular weight excluding hydrogens is 336 g/mol. The monoisotopic (exact) mass is 380 g/mol. The number of hydrogen-bond acceptors (Lipinski definition) is 3. The minimum absolute atomic E-state index is 0.0318. The van der Waals surface area contributed by atoms with Crippen molar-refractivity contribution >= 4 is 11.8 Å². The maximum Gasteiger partial charge on any atom is 0.306 e. The van der Waals surface area contributed by atoms with Gasteiger partial charge >= 0.3 is 5.97 Å². The van der Waals surface area contributed by atoms with E-state index in [1.54, 1.807) is 6.92 Å². The molecular formula is C24H44O3. The van der Waals surface area contributed by atoms with Gasteiger partial charge in [0.1, 0.15) is 5.78 Å². The fourth-order valence-corrected chi connectivity index (χ4v) is 3.19. The summed E-state index contributed by atoms with van der Waals surface area (Å²) >= 11 is 0. The molecule has 0 radical (unpaired) electrons. The summed E-state index contributed by atoms with van der Waals surface area (Å²) in [6.07, 6.45) is 18.0. The lowest BCUT2D eigenvalue weighted by atomic mass is 9.97. The van der Waals surface area contributed by atoms with Crippen LogP contribution in [0.3, 0.4) is 0 Å². The van der Waals surface area contributed by atoms with E-state index in [4.69, 9.17) is 4.74 Å². The number of Topliss-reactive ketones (excluding diaryl/α,β-unsaturated/α-hetero) is 1. The minimum Gasteiger partial charge on any atom is -0.465 e. The number of carbonyl (C=O) groups excluding carboxylic acids is 2. The van der Waals surface area contributed by atoms with E-state index in [1.807, 2.05) is 0 Å². The molecule has 0 aromatic carbocycles. The molecule has 0 aliphatic rings. The normalized spacial score (nSPS) is 13.6. The average molecular weight is 381 g/mol. The number of esters is 1. The summed E-state index contributed by atoms with van der Waals surface area (Å²) in [4.78, 5) is 23.0. The molecule has 0 spiro atoms. The minimum atomic E-state index is -0.0318. The van der Waals surface area contributed by atoms with Crippen LogP contribution in [0, 0.1) is 11.8 Å². The van der Waals surface area contributed by atoms with Crippen LogP contribution in [0.2, 0.25) is 0 Å². The Labute approximate surface area is 168 Å². The molecule has 2 atom stereocenters. The van der Waals surface area contributed by atoms with Gasteiger partial charge in [0, 0.05) is 12.8 Å². The molecule has 0 aromatic rings. The third-order valence-corrected chi connectivity index (χ3v) is 5.34. The van der Waals surface area contributed by atoms with Gasteiger partial charge < -0.3 is 9.53 Å². The number of ether oxygens (including phenoxy) is 1. The highest BCUT2D eigenvalue weighted by Crippen LogP contribution is 2.17. The van der Waals surface area contributed by atoms with Gasteiger partial charge in [-0.1, -0.05) is 71.4 Å². The number of unbranched alkanes of at least 4 members (excludes halogenated alkanes) is 5. The van der Waals surface area contributed by atoms with Crippen LogP contribution in [-0.4, -0.2) is 18.4 Å². The summed E-state index contributed by atoms with van der Waals surface area (Å²) in [6, 6.07) is 0. The second-order valence-corrected chi connectivity index (χ2v) is 7.94. The highest BCUT2D eigenvalue weighted by atomic mass is 16.5. The van der Waals surface area contributed by atoms with Gasteiger partial charge in [0.2, 0.25) is 0 Å². The zero-order valence-electron chi connectivity index (χ0n) is 18.4. The van der Waals surface area contributed by atoms with E-state index < -0.39 is 0 Å². The van der Waals surface area contributed by atoms with Crippen LogP contribution in [0.4, 0.5) is 0 Å². The van der Waals surface area contributed by atoms with Crippen molar-refractivity contribution in [1.29, 1.82) is 0 Å². The molecule has 0 aliphatic heterocycles. The van der Waals surface area contributed by atoms with Crippen molar-refractivity contribution in [3.63, 3.8) is 0 Å². The Morgan fingerprint density at radius 3 is 2.22 bits per heavy atom. The quantitative estimate of drug-likeness (QED) is 0.145. The maximum absolute atomic E-state index is 12.1. The van der Waals surface area contributed by atoms with Crippen LogP contribution < -0.4 is 0 Å². The van der Waals surface area contributed by atoms with E-state index in [2.05, 4.69) is 32.9 Å². The van der Waals surface area contributed by atoms with Gasteiger partial charge in [0.05, 0.1) is 6.61 Å². The summed E-state index contributed by atoms with van der Waals surface area (Å²) in [7, 11) is 0. The first-order valence-electron chi connectivity index (χ1n) is 11.3. The Kier molecular flexibility index (Phi) is 17.5. The standard InChI is InChI=1S/C24H44O3/c1-5-8-17-23(7-3)20-27-24(26)19-22(6-2)18-15-13-11-9-10-12-14-16-21(4)25/h13,15,22-23H,5-12,14,16-20H2,1-4H3/b15-13+. The van der Waals surface area contributed by atoms with Gasteiger partial charge in [-0.15, -0.1) is 0 Å². The molecule has 0 heterocycles. The van der Waals surface area contributed by atoms with Gasteiger partial charge in [-0.25, -0.2) is 0 Å². The largest absolute Gasteiger partial charge is 0.465 e. The van der Waals surface area contributed by atoms with Crippen molar-refractivity contribution in [2.75, 3.05) is 6.61 Å². The van der Waals surface area contributed by atoms with Gasteiger partial charge in [-0.05, 0) is 50.9 Å². The predicted octanol–water partition coefficient (Wildman–Crippen LogP) is 7.04. The van der Waals surface area contributed by atoms with Crippen molar-refractivity contribution < 1.29 is 14.3 Å². The molecule has 0 rings (SSSR count). The average Bonchev–Trinajstić information content (AvgIpc) is 2.65. The van der Waals surface area contributed by atoms with Crippen molar-refractivity contribution in [1.82, 2.24) is 0 Å². The Bertz CT molecular complexity index is 400. The van der Waals surface area contributed by atoms with Crippen molar-refractivity contribution in [2.45, 2.75) is 111 Å². The molecule has 27 heavy (non-hydrogen) atoms. The predicted molar refractivity (Wildman–Crippen MR) is 115 cm³/mol. The van der Waals surface area contributed by atoms with Crippen LogP contribution in [0.5, 0.6) is 0 Å². The second kappa shape index (κ2) is 18.3. The summed E-state index contributed by atoms with van der Waals surface area (Å²) in [5.41, 5.74) is 0. The number of ketones is 1. The lowest BCUT2D eigenvalue weighted by Gasteiger charge is -2.16. The van der Waals surface area contributed by atoms with Gasteiger partial charge in [-0.3, -0.25) is 4.79 Å². The Morgan fingerprint density at radius 1 is 0.889 bits per heavy atom.